The number of halogens is 1. The fraction of sp³-hybridized carbons (Fsp3) is 0.0909. The molecule has 2 radical (unpaired) electrons. The Balaban J connectivity index is 2.49. The summed E-state index contributed by atoms with van der Waals surface area (Å²) in [6, 6.07) is 5.57. The molecule has 17 heavy (non-hydrogen) atoms. The van der Waals surface area contributed by atoms with Crippen molar-refractivity contribution in [2.45, 2.75) is 6.54 Å². The lowest BCUT2D eigenvalue weighted by atomic mass is 9.95. The van der Waals surface area contributed by atoms with Crippen LogP contribution in [0.2, 0.25) is 5.15 Å². The first-order valence-electron chi connectivity index (χ1n) is 5.12. The van der Waals surface area contributed by atoms with Gasteiger partial charge in [-0.05, 0) is 6.07 Å². The minimum absolute atomic E-state index is 0.255. The fourth-order valence-corrected chi connectivity index (χ4v) is 2.11. The van der Waals surface area contributed by atoms with Crippen molar-refractivity contribution in [2.24, 2.45) is 5.73 Å². The standard InChI is InChI=1S/C11H8BClN4/c12-5-1-2-7-6(3-5)9-10(15-7)11(13)17-8(4-14)16-9/h1-3,15H,4,14H2. The number of nitrogens with one attached hydrogen (secondary N) is 1. The highest BCUT2D eigenvalue weighted by Crippen LogP contribution is 2.26. The number of rotatable bonds is 1. The summed E-state index contributed by atoms with van der Waals surface area (Å²) in [6.45, 7) is 0.255. The third-order valence-electron chi connectivity index (χ3n) is 2.65. The van der Waals surface area contributed by atoms with Gasteiger partial charge in [0.25, 0.3) is 0 Å². The molecule has 0 aliphatic carbocycles. The molecule has 3 aromatic rings. The summed E-state index contributed by atoms with van der Waals surface area (Å²) >= 11 is 6.08. The number of fused-ring (bicyclic) bond motifs is 3. The SMILES string of the molecule is [B]c1ccc2[nH]c3c(Cl)nc(CN)nc3c2c1. The molecule has 4 nitrogen and oxygen atoms in total. The van der Waals surface area contributed by atoms with Crippen LogP contribution >= 0.6 is 11.6 Å². The maximum Gasteiger partial charge on any atom is 0.156 e. The van der Waals surface area contributed by atoms with E-state index in [-0.39, 0.29) is 6.54 Å². The zero-order valence-electron chi connectivity index (χ0n) is 8.87. The van der Waals surface area contributed by atoms with Gasteiger partial charge in [-0.15, -0.1) is 0 Å². The Bertz CT molecular complexity index is 722. The van der Waals surface area contributed by atoms with Gasteiger partial charge in [0.2, 0.25) is 0 Å². The lowest BCUT2D eigenvalue weighted by Gasteiger charge is -1.98. The van der Waals surface area contributed by atoms with Crippen LogP contribution in [0.15, 0.2) is 18.2 Å². The van der Waals surface area contributed by atoms with Crippen molar-refractivity contribution in [3.8, 4) is 0 Å². The predicted molar refractivity (Wildman–Crippen MR) is 69.7 cm³/mol. The quantitative estimate of drug-likeness (QED) is 0.494. The first-order valence-corrected chi connectivity index (χ1v) is 5.50. The van der Waals surface area contributed by atoms with E-state index in [9.17, 15) is 0 Å². The predicted octanol–water partition coefficient (Wildman–Crippen LogP) is 1.02. The van der Waals surface area contributed by atoms with E-state index in [1.807, 2.05) is 18.2 Å². The lowest BCUT2D eigenvalue weighted by Crippen LogP contribution is -2.03. The van der Waals surface area contributed by atoms with Gasteiger partial charge in [0.1, 0.15) is 24.7 Å². The summed E-state index contributed by atoms with van der Waals surface area (Å²) < 4.78 is 0. The molecule has 0 spiro atoms. The van der Waals surface area contributed by atoms with Crippen LogP contribution in [-0.4, -0.2) is 22.8 Å². The van der Waals surface area contributed by atoms with Gasteiger partial charge in [0, 0.05) is 10.9 Å². The highest BCUT2D eigenvalue weighted by atomic mass is 35.5. The molecule has 0 aliphatic rings. The van der Waals surface area contributed by atoms with Crippen LogP contribution in [0, 0.1) is 0 Å². The monoisotopic (exact) mass is 242 g/mol. The van der Waals surface area contributed by atoms with Gasteiger partial charge in [-0.1, -0.05) is 29.2 Å². The lowest BCUT2D eigenvalue weighted by molar-refractivity contribution is 0.927. The molecular weight excluding hydrogens is 234 g/mol. The van der Waals surface area contributed by atoms with Crippen molar-refractivity contribution in [1.29, 1.82) is 0 Å². The molecular formula is C11H8BClN4. The molecule has 0 amide bonds. The zero-order chi connectivity index (χ0) is 12.0. The Labute approximate surface area is 104 Å². The zero-order valence-corrected chi connectivity index (χ0v) is 9.62. The van der Waals surface area contributed by atoms with E-state index >= 15 is 0 Å². The van der Waals surface area contributed by atoms with E-state index in [0.29, 0.717) is 22.0 Å². The molecule has 3 N–H and O–H groups in total. The third-order valence-corrected chi connectivity index (χ3v) is 2.93. The summed E-state index contributed by atoms with van der Waals surface area (Å²) in [5.41, 5.74) is 8.62. The molecule has 0 saturated heterocycles. The number of nitrogens with two attached hydrogens (primary N) is 1. The van der Waals surface area contributed by atoms with E-state index in [1.165, 1.54) is 0 Å². The maximum atomic E-state index is 6.08. The molecule has 2 aromatic heterocycles. The van der Waals surface area contributed by atoms with Crippen LogP contribution in [0.1, 0.15) is 5.82 Å². The van der Waals surface area contributed by atoms with Crippen LogP contribution in [0.4, 0.5) is 0 Å². The summed E-state index contributed by atoms with van der Waals surface area (Å²) in [6.07, 6.45) is 0. The van der Waals surface area contributed by atoms with Gasteiger partial charge in [-0.2, -0.15) is 0 Å². The third kappa shape index (κ3) is 1.59. The molecule has 6 heteroatoms. The van der Waals surface area contributed by atoms with E-state index in [2.05, 4.69) is 15.0 Å². The number of benzene rings is 1. The normalized spacial score (nSPS) is 11.4. The molecule has 82 valence electrons. The number of hydrogen-bond donors (Lipinski definition) is 2. The van der Waals surface area contributed by atoms with E-state index in [4.69, 9.17) is 25.2 Å². The Morgan fingerprint density at radius 3 is 2.94 bits per heavy atom. The minimum Gasteiger partial charge on any atom is -0.351 e. The number of H-pyrrole nitrogens is 1. The molecule has 3 rings (SSSR count). The van der Waals surface area contributed by atoms with Crippen LogP contribution in [0.25, 0.3) is 21.9 Å². The van der Waals surface area contributed by atoms with E-state index < -0.39 is 0 Å². The fourth-order valence-electron chi connectivity index (χ4n) is 1.88. The molecule has 0 unspecified atom stereocenters. The van der Waals surface area contributed by atoms with Crippen molar-refractivity contribution < 1.29 is 0 Å². The Morgan fingerprint density at radius 2 is 2.18 bits per heavy atom. The summed E-state index contributed by atoms with van der Waals surface area (Å²) in [7, 11) is 5.77. The number of hydrogen-bond acceptors (Lipinski definition) is 3. The van der Waals surface area contributed by atoms with Gasteiger partial charge in [-0.3, -0.25) is 0 Å². The second kappa shape index (κ2) is 3.72. The first-order chi connectivity index (χ1) is 8.19. The molecule has 0 aliphatic heterocycles. The van der Waals surface area contributed by atoms with Crippen molar-refractivity contribution in [2.75, 3.05) is 0 Å². The first kappa shape index (κ1) is 10.6. The van der Waals surface area contributed by atoms with Crippen molar-refractivity contribution >= 4 is 46.8 Å². The molecule has 1 aromatic carbocycles. The van der Waals surface area contributed by atoms with Gasteiger partial charge >= 0.3 is 0 Å². The van der Waals surface area contributed by atoms with Gasteiger partial charge in [0.05, 0.1) is 6.54 Å². The average molecular weight is 242 g/mol. The Hall–Kier alpha value is -1.59. The van der Waals surface area contributed by atoms with Crippen LogP contribution in [-0.2, 0) is 6.54 Å². The highest BCUT2D eigenvalue weighted by molar-refractivity contribution is 6.36. The number of nitrogens with zero attached hydrogens (tertiary/aromatic N) is 2. The minimum atomic E-state index is 0.255. The van der Waals surface area contributed by atoms with Crippen molar-refractivity contribution in [1.82, 2.24) is 15.0 Å². The summed E-state index contributed by atoms with van der Waals surface area (Å²) in [4.78, 5) is 11.7. The van der Waals surface area contributed by atoms with E-state index in [1.54, 1.807) is 0 Å². The molecule has 0 atom stereocenters. The van der Waals surface area contributed by atoms with Crippen molar-refractivity contribution in [3.05, 3.63) is 29.2 Å². The van der Waals surface area contributed by atoms with Crippen LogP contribution < -0.4 is 11.2 Å². The number of aromatic amines is 1. The van der Waals surface area contributed by atoms with E-state index in [0.717, 1.165) is 16.4 Å². The smallest absolute Gasteiger partial charge is 0.156 e. The summed E-state index contributed by atoms with van der Waals surface area (Å²) in [5, 5.41) is 1.31. The largest absolute Gasteiger partial charge is 0.351 e. The van der Waals surface area contributed by atoms with Gasteiger partial charge < -0.3 is 10.7 Å². The average Bonchev–Trinajstić information content (AvgIpc) is 2.68. The van der Waals surface area contributed by atoms with Crippen LogP contribution in [0.3, 0.4) is 0 Å². The molecule has 2 heterocycles. The summed E-state index contributed by atoms with van der Waals surface area (Å²) in [5.74, 6) is 0.519. The second-order valence-electron chi connectivity index (χ2n) is 3.79. The molecule has 0 bridgehead atoms. The van der Waals surface area contributed by atoms with Crippen LogP contribution in [0.5, 0.6) is 0 Å². The molecule has 0 saturated carbocycles. The van der Waals surface area contributed by atoms with Gasteiger partial charge in [-0.25, -0.2) is 9.97 Å². The second-order valence-corrected chi connectivity index (χ2v) is 4.15. The topological polar surface area (TPSA) is 67.6 Å². The van der Waals surface area contributed by atoms with Crippen molar-refractivity contribution in [3.63, 3.8) is 0 Å². The van der Waals surface area contributed by atoms with Gasteiger partial charge in [0.15, 0.2) is 5.15 Å². The maximum absolute atomic E-state index is 6.08. The highest BCUT2D eigenvalue weighted by Gasteiger charge is 2.11. The number of aromatic nitrogens is 3. The Morgan fingerprint density at radius 1 is 1.35 bits per heavy atom. The Kier molecular flexibility index (Phi) is 2.31. The molecule has 0 fully saturated rings.